The molecule has 0 atom stereocenters. The first kappa shape index (κ1) is 16.5. The third-order valence-electron chi connectivity index (χ3n) is 4.77. The molecule has 1 aliphatic heterocycles. The highest BCUT2D eigenvalue weighted by Gasteiger charge is 2.37. The predicted octanol–water partition coefficient (Wildman–Crippen LogP) is 3.21. The summed E-state index contributed by atoms with van der Waals surface area (Å²) in [6, 6.07) is 2.72. The zero-order chi connectivity index (χ0) is 15.7. The van der Waals surface area contributed by atoms with Crippen LogP contribution in [0, 0.1) is 0 Å². The van der Waals surface area contributed by atoms with E-state index >= 15 is 0 Å². The van der Waals surface area contributed by atoms with Crippen molar-refractivity contribution in [1.29, 1.82) is 0 Å². The molecule has 0 aliphatic carbocycles. The molecule has 0 spiro atoms. The van der Waals surface area contributed by atoms with Crippen molar-refractivity contribution in [3.63, 3.8) is 0 Å². The van der Waals surface area contributed by atoms with Crippen LogP contribution in [0.4, 0.5) is 0 Å². The quantitative estimate of drug-likeness (QED) is 0.904. The molecule has 2 heterocycles. The number of nitrogens with one attached hydrogen (secondary N) is 1. The van der Waals surface area contributed by atoms with Crippen LogP contribution in [-0.4, -0.2) is 38.8 Å². The highest BCUT2D eigenvalue weighted by Crippen LogP contribution is 2.25. The van der Waals surface area contributed by atoms with Gasteiger partial charge in [-0.05, 0) is 46.6 Å². The summed E-state index contributed by atoms with van der Waals surface area (Å²) in [6.45, 7) is 16.7. The van der Waals surface area contributed by atoms with Crippen molar-refractivity contribution in [2.75, 3.05) is 13.1 Å². The topological polar surface area (TPSA) is 33.1 Å². The van der Waals surface area contributed by atoms with Crippen molar-refractivity contribution in [1.82, 2.24) is 20.0 Å². The van der Waals surface area contributed by atoms with E-state index in [1.54, 1.807) is 0 Å². The molecule has 1 N–H and O–H groups in total. The Balaban J connectivity index is 2.09. The van der Waals surface area contributed by atoms with Crippen LogP contribution in [0.5, 0.6) is 0 Å². The molecule has 0 aromatic carbocycles. The fourth-order valence-electron chi connectivity index (χ4n) is 3.11. The summed E-state index contributed by atoms with van der Waals surface area (Å²) in [7, 11) is 0. The molecule has 0 saturated carbocycles. The zero-order valence-electron chi connectivity index (χ0n) is 14.6. The van der Waals surface area contributed by atoms with Gasteiger partial charge in [0.2, 0.25) is 0 Å². The van der Waals surface area contributed by atoms with Gasteiger partial charge in [-0.1, -0.05) is 13.8 Å². The maximum absolute atomic E-state index is 4.81. The zero-order valence-corrected chi connectivity index (χ0v) is 14.6. The number of aromatic nitrogens is 2. The first-order valence-corrected chi connectivity index (χ1v) is 8.31. The van der Waals surface area contributed by atoms with Crippen molar-refractivity contribution >= 4 is 0 Å². The van der Waals surface area contributed by atoms with Gasteiger partial charge in [-0.3, -0.25) is 9.58 Å². The van der Waals surface area contributed by atoms with Gasteiger partial charge in [0.15, 0.2) is 0 Å². The summed E-state index contributed by atoms with van der Waals surface area (Å²) in [5, 5.41) is 8.45. The van der Waals surface area contributed by atoms with E-state index in [4.69, 9.17) is 5.10 Å². The second-order valence-electron chi connectivity index (χ2n) is 7.66. The van der Waals surface area contributed by atoms with Crippen LogP contribution in [0.3, 0.4) is 0 Å². The lowest BCUT2D eigenvalue weighted by Gasteiger charge is -2.49. The molecular formula is C17H32N4. The summed E-state index contributed by atoms with van der Waals surface area (Å²) < 4.78 is 2.15. The third kappa shape index (κ3) is 3.86. The maximum atomic E-state index is 4.81. The van der Waals surface area contributed by atoms with E-state index in [1.165, 1.54) is 5.69 Å². The first-order chi connectivity index (χ1) is 9.77. The van der Waals surface area contributed by atoms with Gasteiger partial charge in [-0.15, -0.1) is 0 Å². The SMILES string of the molecule is CCC(CC)n1ccc(CN2CC(C)(C)NCC2(C)C)n1. The number of hydrogen-bond donors (Lipinski definition) is 1. The van der Waals surface area contributed by atoms with Crippen molar-refractivity contribution in [3.8, 4) is 0 Å². The van der Waals surface area contributed by atoms with E-state index in [2.05, 4.69) is 68.7 Å². The van der Waals surface area contributed by atoms with Gasteiger partial charge in [0.25, 0.3) is 0 Å². The highest BCUT2D eigenvalue weighted by molar-refractivity contribution is 5.04. The molecule has 4 heteroatoms. The summed E-state index contributed by atoms with van der Waals surface area (Å²) >= 11 is 0. The molecule has 1 aromatic heterocycles. The van der Waals surface area contributed by atoms with Gasteiger partial charge in [-0.2, -0.15) is 5.10 Å². The second-order valence-corrected chi connectivity index (χ2v) is 7.66. The third-order valence-corrected chi connectivity index (χ3v) is 4.77. The average Bonchev–Trinajstić information content (AvgIpc) is 2.85. The van der Waals surface area contributed by atoms with Gasteiger partial charge < -0.3 is 5.32 Å². The van der Waals surface area contributed by atoms with Crippen molar-refractivity contribution in [2.24, 2.45) is 0 Å². The molecule has 1 aromatic rings. The van der Waals surface area contributed by atoms with Crippen LogP contribution in [0.2, 0.25) is 0 Å². The van der Waals surface area contributed by atoms with Crippen molar-refractivity contribution < 1.29 is 0 Å². The fourth-order valence-corrected chi connectivity index (χ4v) is 3.11. The van der Waals surface area contributed by atoms with Gasteiger partial charge >= 0.3 is 0 Å². The Kier molecular flexibility index (Phi) is 4.79. The summed E-state index contributed by atoms with van der Waals surface area (Å²) in [4.78, 5) is 2.56. The van der Waals surface area contributed by atoms with Crippen LogP contribution < -0.4 is 5.32 Å². The Morgan fingerprint density at radius 1 is 1.24 bits per heavy atom. The average molecular weight is 292 g/mol. The summed E-state index contributed by atoms with van der Waals surface area (Å²) in [5.74, 6) is 0. The molecule has 0 radical (unpaired) electrons. The second kappa shape index (κ2) is 6.09. The first-order valence-electron chi connectivity index (χ1n) is 8.31. The van der Waals surface area contributed by atoms with Crippen LogP contribution in [-0.2, 0) is 6.54 Å². The Labute approximate surface area is 129 Å². The van der Waals surface area contributed by atoms with E-state index in [0.717, 1.165) is 32.5 Å². The minimum Gasteiger partial charge on any atom is -0.309 e. The van der Waals surface area contributed by atoms with E-state index < -0.39 is 0 Å². The number of hydrogen-bond acceptors (Lipinski definition) is 3. The van der Waals surface area contributed by atoms with Crippen molar-refractivity contribution in [2.45, 2.75) is 78.0 Å². The minimum absolute atomic E-state index is 0.174. The Bertz CT molecular complexity index is 457. The Morgan fingerprint density at radius 3 is 2.52 bits per heavy atom. The lowest BCUT2D eigenvalue weighted by Crippen LogP contribution is -2.65. The molecule has 4 nitrogen and oxygen atoms in total. The van der Waals surface area contributed by atoms with E-state index in [9.17, 15) is 0 Å². The molecule has 2 rings (SSSR count). The van der Waals surface area contributed by atoms with Crippen LogP contribution in [0.25, 0.3) is 0 Å². The lowest BCUT2D eigenvalue weighted by atomic mass is 9.91. The molecule has 1 fully saturated rings. The van der Waals surface area contributed by atoms with Gasteiger partial charge in [-0.25, -0.2) is 0 Å². The fraction of sp³-hybridized carbons (Fsp3) is 0.824. The number of rotatable bonds is 5. The van der Waals surface area contributed by atoms with E-state index in [-0.39, 0.29) is 11.1 Å². The molecule has 21 heavy (non-hydrogen) atoms. The van der Waals surface area contributed by atoms with Crippen LogP contribution >= 0.6 is 0 Å². The summed E-state index contributed by atoms with van der Waals surface area (Å²) in [6.07, 6.45) is 4.43. The number of nitrogens with zero attached hydrogens (tertiary/aromatic N) is 3. The predicted molar refractivity (Wildman–Crippen MR) is 88.4 cm³/mol. The van der Waals surface area contributed by atoms with Crippen LogP contribution in [0.15, 0.2) is 12.3 Å². The number of piperazine rings is 1. The minimum atomic E-state index is 0.174. The standard InChI is InChI=1S/C17H32N4/c1-7-15(8-2)21-10-9-14(19-21)11-20-13-16(3,4)18-12-17(20,5)6/h9-10,15,18H,7-8,11-13H2,1-6H3. The maximum Gasteiger partial charge on any atom is 0.0765 e. The molecular weight excluding hydrogens is 260 g/mol. The van der Waals surface area contributed by atoms with Crippen molar-refractivity contribution in [3.05, 3.63) is 18.0 Å². The van der Waals surface area contributed by atoms with Gasteiger partial charge in [0.1, 0.15) is 0 Å². The monoisotopic (exact) mass is 292 g/mol. The highest BCUT2D eigenvalue weighted by atomic mass is 15.3. The molecule has 120 valence electrons. The van der Waals surface area contributed by atoms with E-state index in [0.29, 0.717) is 6.04 Å². The Morgan fingerprint density at radius 2 is 1.90 bits per heavy atom. The molecule has 1 saturated heterocycles. The Hall–Kier alpha value is -0.870. The largest absolute Gasteiger partial charge is 0.309 e. The smallest absolute Gasteiger partial charge is 0.0765 e. The lowest BCUT2D eigenvalue weighted by molar-refractivity contribution is 0.0312. The van der Waals surface area contributed by atoms with Crippen LogP contribution in [0.1, 0.15) is 66.1 Å². The summed E-state index contributed by atoms with van der Waals surface area (Å²) in [5.41, 5.74) is 1.54. The molecule has 0 unspecified atom stereocenters. The molecule has 0 amide bonds. The molecule has 0 bridgehead atoms. The normalized spacial score (nSPS) is 21.9. The van der Waals surface area contributed by atoms with E-state index in [1.807, 2.05) is 0 Å². The molecule has 1 aliphatic rings. The van der Waals surface area contributed by atoms with Gasteiger partial charge in [0, 0.05) is 36.9 Å². The van der Waals surface area contributed by atoms with Gasteiger partial charge in [0.05, 0.1) is 11.7 Å².